The number of amides is 4. The normalized spacial score (nSPS) is 26.7. The molecule has 1 saturated carbocycles. The number of allylic oxidation sites excluding steroid dienone is 2. The Balaban J connectivity index is 0.974. The number of aromatic nitrogens is 2. The smallest absolute Gasteiger partial charge is 0.242 e. The summed E-state index contributed by atoms with van der Waals surface area (Å²) in [5.41, 5.74) is 2.97. The fraction of sp³-hybridized carbons (Fsp3) is 0.340. The minimum absolute atomic E-state index is 0.0249. The van der Waals surface area contributed by atoms with Gasteiger partial charge in [0.05, 0.1) is 28.0 Å². The van der Waals surface area contributed by atoms with Crippen LogP contribution < -0.4 is 4.90 Å². The number of phenols is 1. The minimum Gasteiger partial charge on any atom is -0.508 e. The van der Waals surface area contributed by atoms with Crippen LogP contribution in [-0.4, -0.2) is 67.4 Å². The van der Waals surface area contributed by atoms with Crippen LogP contribution in [0.25, 0.3) is 31.4 Å². The summed E-state index contributed by atoms with van der Waals surface area (Å²) in [6.45, 7) is 6.26. The number of imide groups is 2. The first kappa shape index (κ1) is 39.2. The molecular weight excluding hydrogens is 818 g/mol. The molecular formula is C50H46ClN5O5S. The molecule has 6 unspecified atom stereocenters. The van der Waals surface area contributed by atoms with Gasteiger partial charge in [0, 0.05) is 60.0 Å². The molecule has 10 nitrogen and oxygen atoms in total. The maximum absolute atomic E-state index is 15.5. The largest absolute Gasteiger partial charge is 0.508 e. The molecule has 3 aliphatic heterocycles. The number of hydrogen-bond acceptors (Lipinski definition) is 8. The summed E-state index contributed by atoms with van der Waals surface area (Å²) in [6, 6.07) is 29.0. The molecule has 5 aliphatic rings. The van der Waals surface area contributed by atoms with E-state index in [0.29, 0.717) is 41.4 Å². The summed E-state index contributed by atoms with van der Waals surface area (Å²) >= 11 is 7.95. The predicted molar refractivity (Wildman–Crippen MR) is 241 cm³/mol. The zero-order valence-corrected chi connectivity index (χ0v) is 36.3. The van der Waals surface area contributed by atoms with E-state index in [2.05, 4.69) is 23.1 Å². The van der Waals surface area contributed by atoms with Crippen LogP contribution in [0.2, 0.25) is 5.02 Å². The van der Waals surface area contributed by atoms with E-state index in [1.165, 1.54) is 10.5 Å². The number of hydrogen-bond donors (Lipinski definition) is 1. The first-order valence-electron chi connectivity index (χ1n) is 21.6. The zero-order chi connectivity index (χ0) is 42.8. The van der Waals surface area contributed by atoms with Crippen molar-refractivity contribution in [1.29, 1.82) is 0 Å². The van der Waals surface area contributed by atoms with E-state index in [4.69, 9.17) is 16.7 Å². The molecule has 62 heavy (non-hydrogen) atoms. The van der Waals surface area contributed by atoms with Crippen LogP contribution >= 0.6 is 22.9 Å². The second-order valence-electron chi connectivity index (χ2n) is 18.1. The maximum Gasteiger partial charge on any atom is 0.242 e. The lowest BCUT2D eigenvalue weighted by molar-refractivity contribution is -0.144. The van der Waals surface area contributed by atoms with Crippen molar-refractivity contribution in [3.63, 3.8) is 0 Å². The fourth-order valence-corrected chi connectivity index (χ4v) is 13.2. The van der Waals surface area contributed by atoms with Gasteiger partial charge < -0.3 is 5.11 Å². The lowest BCUT2D eigenvalue weighted by Gasteiger charge is -2.49. The highest BCUT2D eigenvalue weighted by Crippen LogP contribution is 2.65. The van der Waals surface area contributed by atoms with E-state index in [0.717, 1.165) is 56.5 Å². The van der Waals surface area contributed by atoms with Gasteiger partial charge in [-0.15, -0.1) is 11.3 Å². The van der Waals surface area contributed by atoms with Crippen LogP contribution in [0.5, 0.6) is 5.75 Å². The van der Waals surface area contributed by atoms with Gasteiger partial charge in [0.2, 0.25) is 23.6 Å². The Morgan fingerprint density at radius 1 is 0.871 bits per heavy atom. The van der Waals surface area contributed by atoms with E-state index >= 15 is 9.59 Å². The Bertz CT molecular complexity index is 2910. The Hall–Kier alpha value is -5.62. The molecule has 3 saturated heterocycles. The number of carbonyl (C=O) groups excluding carboxylic acids is 4. The highest BCUT2D eigenvalue weighted by atomic mass is 35.5. The molecule has 4 amide bonds. The Morgan fingerprint density at radius 2 is 1.63 bits per heavy atom. The Morgan fingerprint density at radius 3 is 2.42 bits per heavy atom. The van der Waals surface area contributed by atoms with Crippen LogP contribution in [0.4, 0.5) is 5.82 Å². The molecule has 2 aliphatic carbocycles. The maximum atomic E-state index is 15.5. The number of likely N-dealkylation sites (tertiary alicyclic amines) is 2. The molecule has 6 aromatic rings. The van der Waals surface area contributed by atoms with E-state index in [9.17, 15) is 14.7 Å². The van der Waals surface area contributed by atoms with Gasteiger partial charge in [-0.2, -0.15) is 5.10 Å². The number of halogens is 1. The fourth-order valence-electron chi connectivity index (χ4n) is 11.9. The van der Waals surface area contributed by atoms with Crippen molar-refractivity contribution in [3.8, 4) is 16.3 Å². The van der Waals surface area contributed by atoms with Gasteiger partial charge in [-0.25, -0.2) is 4.90 Å². The molecule has 4 aromatic carbocycles. The van der Waals surface area contributed by atoms with Gasteiger partial charge in [-0.1, -0.05) is 83.9 Å². The van der Waals surface area contributed by atoms with Crippen molar-refractivity contribution >= 4 is 73.2 Å². The summed E-state index contributed by atoms with van der Waals surface area (Å²) in [7, 11) is 1.74. The SMILES string of the molecule is Cc1c(-c2cc(N3C(=O)C4CC5C(=CCC6C(=O)N(C7CCN(Cc8ccccc8)CC7)C(=O)C65)C(c5c(O)ccc6ccccc56)C4(C)C3=O)n(C)n2)sc2ccc(Cl)cc12. The second-order valence-corrected chi connectivity index (χ2v) is 19.6. The summed E-state index contributed by atoms with van der Waals surface area (Å²) < 4.78 is 2.65. The molecule has 4 fully saturated rings. The lowest BCUT2D eigenvalue weighted by Crippen LogP contribution is -2.49. The molecule has 11 rings (SSSR count). The second kappa shape index (κ2) is 14.5. The first-order valence-corrected chi connectivity index (χ1v) is 22.8. The van der Waals surface area contributed by atoms with Crippen LogP contribution in [-0.2, 0) is 32.8 Å². The number of nitrogens with zero attached hydrogens (tertiary/aromatic N) is 5. The highest BCUT2D eigenvalue weighted by Gasteiger charge is 2.68. The first-order chi connectivity index (χ1) is 29.9. The minimum atomic E-state index is -1.33. The number of fused-ring (bicyclic) bond motifs is 6. The number of aromatic hydroxyl groups is 1. The number of aryl methyl sites for hydroxylation is 2. The van der Waals surface area contributed by atoms with Gasteiger partial charge in [0.1, 0.15) is 17.3 Å². The molecule has 314 valence electrons. The van der Waals surface area contributed by atoms with Gasteiger partial charge in [-0.3, -0.25) is 33.7 Å². The number of phenolic OH excluding ortho intramolecular Hbond substituents is 1. The number of rotatable bonds is 6. The molecule has 12 heteroatoms. The predicted octanol–water partition coefficient (Wildman–Crippen LogP) is 9.02. The molecule has 6 atom stereocenters. The van der Waals surface area contributed by atoms with Crippen LogP contribution in [0.15, 0.2) is 103 Å². The lowest BCUT2D eigenvalue weighted by atomic mass is 9.51. The van der Waals surface area contributed by atoms with E-state index in [1.807, 2.05) is 86.6 Å². The Labute approximate surface area is 368 Å². The van der Waals surface area contributed by atoms with Crippen molar-refractivity contribution in [2.75, 3.05) is 18.0 Å². The van der Waals surface area contributed by atoms with Gasteiger partial charge in [-0.05, 0) is 97.0 Å². The highest BCUT2D eigenvalue weighted by molar-refractivity contribution is 7.22. The molecule has 0 bridgehead atoms. The third-order valence-electron chi connectivity index (χ3n) is 14.9. The summed E-state index contributed by atoms with van der Waals surface area (Å²) in [4.78, 5) is 66.2. The summed E-state index contributed by atoms with van der Waals surface area (Å²) in [6.07, 6.45) is 4.05. The average Bonchev–Trinajstić information content (AvgIpc) is 3.95. The summed E-state index contributed by atoms with van der Waals surface area (Å²) in [5, 5.41) is 20.1. The quantitative estimate of drug-likeness (QED) is 0.131. The third kappa shape index (κ3) is 5.73. The summed E-state index contributed by atoms with van der Waals surface area (Å²) in [5.74, 6) is -3.96. The topological polar surface area (TPSA) is 116 Å². The van der Waals surface area contributed by atoms with Gasteiger partial charge >= 0.3 is 0 Å². The molecule has 0 radical (unpaired) electrons. The average molecular weight is 864 g/mol. The van der Waals surface area contributed by atoms with E-state index < -0.39 is 35.0 Å². The zero-order valence-electron chi connectivity index (χ0n) is 34.8. The number of carbonyl (C=O) groups is 4. The van der Waals surface area contributed by atoms with Crippen molar-refractivity contribution in [3.05, 3.63) is 124 Å². The Kier molecular flexibility index (Phi) is 9.16. The van der Waals surface area contributed by atoms with Crippen LogP contribution in [0.1, 0.15) is 55.2 Å². The molecule has 1 N–H and O–H groups in total. The van der Waals surface area contributed by atoms with Crippen LogP contribution in [0, 0.1) is 36.0 Å². The van der Waals surface area contributed by atoms with Crippen LogP contribution in [0.3, 0.4) is 0 Å². The van der Waals surface area contributed by atoms with Crippen molar-refractivity contribution < 1.29 is 24.3 Å². The molecule has 2 aromatic heterocycles. The van der Waals surface area contributed by atoms with Crippen molar-refractivity contribution in [2.45, 2.75) is 58.0 Å². The van der Waals surface area contributed by atoms with E-state index in [1.54, 1.807) is 34.0 Å². The monoisotopic (exact) mass is 863 g/mol. The third-order valence-corrected chi connectivity index (χ3v) is 16.5. The van der Waals surface area contributed by atoms with Gasteiger partial charge in [0.25, 0.3) is 0 Å². The number of thiophene rings is 1. The number of piperidine rings is 1. The van der Waals surface area contributed by atoms with Crippen molar-refractivity contribution in [1.82, 2.24) is 19.6 Å². The standard InChI is InChI=1S/C50H46ClN5O5S/c1-27-35-23-30(51)14-18-40(35)62-45(27)38-25-41(53(3)52-38)56-47(59)37-24-36-33(44(50(37,2)49(56)61)43-32-12-8-7-11-29(32)13-17-39(43)57)15-16-34-42(36)48(60)55(46(34)58)31-19-21-54(22-20-31)26-28-9-5-4-6-10-28/h4-15,17-18,23,25,31,34,36-37,42,44,57H,16,19-22,24,26H2,1-3H3. The van der Waals surface area contributed by atoms with E-state index in [-0.39, 0.29) is 41.8 Å². The van der Waals surface area contributed by atoms with Gasteiger partial charge in [0.15, 0.2) is 0 Å². The molecule has 5 heterocycles. The van der Waals surface area contributed by atoms with Crippen molar-refractivity contribution in [2.24, 2.45) is 36.1 Å². The number of anilines is 1. The molecule has 0 spiro atoms. The number of benzene rings is 4.